The Bertz CT molecular complexity index is 363. The van der Waals surface area contributed by atoms with Crippen LogP contribution in [0.5, 0.6) is 0 Å². The van der Waals surface area contributed by atoms with Gasteiger partial charge in [-0.3, -0.25) is 0 Å². The highest BCUT2D eigenvalue weighted by molar-refractivity contribution is 6.30. The molecule has 1 aromatic rings. The van der Waals surface area contributed by atoms with Gasteiger partial charge in [-0.2, -0.15) is 0 Å². The lowest BCUT2D eigenvalue weighted by molar-refractivity contribution is 0.155. The molecule has 15 heavy (non-hydrogen) atoms. The Balaban J connectivity index is 2.07. The molecule has 0 aromatic heterocycles. The summed E-state index contributed by atoms with van der Waals surface area (Å²) in [6, 6.07) is 7.64. The minimum atomic E-state index is -0.827. The maximum Gasteiger partial charge on any atom is 0.407 e. The fourth-order valence-corrected chi connectivity index (χ4v) is 2.07. The molecule has 1 aliphatic rings. The van der Waals surface area contributed by atoms with Gasteiger partial charge < -0.3 is 10.0 Å². The van der Waals surface area contributed by atoms with Crippen LogP contribution < -0.4 is 0 Å². The molecule has 80 valence electrons. The summed E-state index contributed by atoms with van der Waals surface area (Å²) < 4.78 is 0. The molecule has 3 nitrogen and oxygen atoms in total. The molecule has 0 saturated carbocycles. The van der Waals surface area contributed by atoms with Crippen LogP contribution in [0.3, 0.4) is 0 Å². The quantitative estimate of drug-likeness (QED) is 0.799. The van der Waals surface area contributed by atoms with Gasteiger partial charge in [0, 0.05) is 24.0 Å². The Morgan fingerprint density at radius 2 is 2.07 bits per heavy atom. The molecule has 1 aromatic carbocycles. The summed E-state index contributed by atoms with van der Waals surface area (Å²) in [5.74, 6) is 0.318. The van der Waals surface area contributed by atoms with Crippen LogP contribution in [-0.4, -0.2) is 29.2 Å². The minimum absolute atomic E-state index is 0.318. The van der Waals surface area contributed by atoms with Gasteiger partial charge in [0.25, 0.3) is 0 Å². The summed E-state index contributed by atoms with van der Waals surface area (Å²) in [5, 5.41) is 9.54. The number of hydrogen-bond acceptors (Lipinski definition) is 1. The number of halogens is 1. The second-order valence-electron chi connectivity index (χ2n) is 3.77. The maximum atomic E-state index is 10.7. The first-order valence-corrected chi connectivity index (χ1v) is 5.28. The van der Waals surface area contributed by atoms with E-state index in [2.05, 4.69) is 0 Å². The number of amides is 1. The number of hydrogen-bond donors (Lipinski definition) is 1. The zero-order valence-electron chi connectivity index (χ0n) is 8.19. The van der Waals surface area contributed by atoms with E-state index < -0.39 is 6.09 Å². The third-order valence-electron chi connectivity index (χ3n) is 2.80. The lowest BCUT2D eigenvalue weighted by Gasteiger charge is -2.12. The van der Waals surface area contributed by atoms with E-state index in [4.69, 9.17) is 16.7 Å². The molecule has 4 heteroatoms. The highest BCUT2D eigenvalue weighted by Crippen LogP contribution is 2.27. The van der Waals surface area contributed by atoms with Crippen molar-refractivity contribution in [1.29, 1.82) is 0 Å². The van der Waals surface area contributed by atoms with Crippen LogP contribution in [0.2, 0.25) is 5.02 Å². The SMILES string of the molecule is O=C(O)N1CCC(c2ccc(Cl)cc2)C1. The van der Waals surface area contributed by atoms with E-state index in [1.165, 1.54) is 10.5 Å². The van der Waals surface area contributed by atoms with Crippen molar-refractivity contribution >= 4 is 17.7 Å². The molecule has 1 amide bonds. The summed E-state index contributed by atoms with van der Waals surface area (Å²) in [4.78, 5) is 12.2. The summed E-state index contributed by atoms with van der Waals surface area (Å²) >= 11 is 5.79. The first-order chi connectivity index (χ1) is 7.16. The molecule has 1 aliphatic heterocycles. The summed E-state index contributed by atoms with van der Waals surface area (Å²) in [7, 11) is 0. The molecule has 2 rings (SSSR count). The van der Waals surface area contributed by atoms with Crippen molar-refractivity contribution in [2.75, 3.05) is 13.1 Å². The van der Waals surface area contributed by atoms with Gasteiger partial charge in [-0.25, -0.2) is 4.79 Å². The van der Waals surface area contributed by atoms with Crippen LogP contribution in [0.25, 0.3) is 0 Å². The average molecular weight is 226 g/mol. The Hall–Kier alpha value is -1.22. The van der Waals surface area contributed by atoms with E-state index in [0.717, 1.165) is 6.42 Å². The second kappa shape index (κ2) is 4.11. The van der Waals surface area contributed by atoms with Gasteiger partial charge in [-0.05, 0) is 24.1 Å². The Morgan fingerprint density at radius 1 is 1.40 bits per heavy atom. The Morgan fingerprint density at radius 3 is 2.60 bits per heavy atom. The van der Waals surface area contributed by atoms with Crippen LogP contribution in [0.15, 0.2) is 24.3 Å². The standard InChI is InChI=1S/C11H12ClNO2/c12-10-3-1-8(2-4-10)9-5-6-13(7-9)11(14)15/h1-4,9H,5-7H2,(H,14,15). The molecule has 1 saturated heterocycles. The first-order valence-electron chi connectivity index (χ1n) is 4.90. The molecule has 1 atom stereocenters. The van der Waals surface area contributed by atoms with E-state index in [1.54, 1.807) is 0 Å². The molecule has 0 spiro atoms. The first kappa shape index (κ1) is 10.3. The average Bonchev–Trinajstić information content (AvgIpc) is 2.68. The van der Waals surface area contributed by atoms with E-state index in [0.29, 0.717) is 24.0 Å². The van der Waals surface area contributed by atoms with Crippen LogP contribution in [0.4, 0.5) is 4.79 Å². The van der Waals surface area contributed by atoms with Gasteiger partial charge in [-0.15, -0.1) is 0 Å². The van der Waals surface area contributed by atoms with Crippen molar-refractivity contribution in [3.63, 3.8) is 0 Å². The van der Waals surface area contributed by atoms with Gasteiger partial charge in [-0.1, -0.05) is 23.7 Å². The summed E-state index contributed by atoms with van der Waals surface area (Å²) in [6.45, 7) is 1.22. The number of likely N-dealkylation sites (tertiary alicyclic amines) is 1. The molecular weight excluding hydrogens is 214 g/mol. The van der Waals surface area contributed by atoms with Gasteiger partial charge in [0.2, 0.25) is 0 Å². The van der Waals surface area contributed by atoms with Crippen molar-refractivity contribution in [2.45, 2.75) is 12.3 Å². The maximum absolute atomic E-state index is 10.7. The van der Waals surface area contributed by atoms with Crippen LogP contribution in [0, 0.1) is 0 Å². The van der Waals surface area contributed by atoms with E-state index in [-0.39, 0.29) is 0 Å². The number of benzene rings is 1. The molecule has 0 aliphatic carbocycles. The third-order valence-corrected chi connectivity index (χ3v) is 3.05. The van der Waals surface area contributed by atoms with Crippen molar-refractivity contribution in [3.05, 3.63) is 34.9 Å². The number of carboxylic acid groups (broad SMARTS) is 1. The van der Waals surface area contributed by atoms with Crippen molar-refractivity contribution in [3.8, 4) is 0 Å². The Kier molecular flexibility index (Phi) is 2.82. The van der Waals surface area contributed by atoms with Crippen LogP contribution >= 0.6 is 11.6 Å². The zero-order valence-corrected chi connectivity index (χ0v) is 8.94. The fraction of sp³-hybridized carbons (Fsp3) is 0.364. The van der Waals surface area contributed by atoms with Crippen molar-refractivity contribution in [1.82, 2.24) is 4.90 Å². The number of rotatable bonds is 1. The molecule has 1 heterocycles. The Labute approximate surface area is 93.3 Å². The van der Waals surface area contributed by atoms with Gasteiger partial charge in [0.05, 0.1) is 0 Å². The van der Waals surface area contributed by atoms with Gasteiger partial charge >= 0.3 is 6.09 Å². The molecule has 1 N–H and O–H groups in total. The van der Waals surface area contributed by atoms with E-state index in [9.17, 15) is 4.79 Å². The fourth-order valence-electron chi connectivity index (χ4n) is 1.94. The molecule has 1 unspecified atom stereocenters. The third kappa shape index (κ3) is 2.23. The summed E-state index contributed by atoms with van der Waals surface area (Å²) in [5.41, 5.74) is 1.17. The van der Waals surface area contributed by atoms with E-state index >= 15 is 0 Å². The predicted octanol–water partition coefficient (Wildman–Crippen LogP) is 2.81. The van der Waals surface area contributed by atoms with E-state index in [1.807, 2.05) is 24.3 Å². The van der Waals surface area contributed by atoms with Crippen molar-refractivity contribution in [2.24, 2.45) is 0 Å². The van der Waals surface area contributed by atoms with Gasteiger partial charge in [0.15, 0.2) is 0 Å². The monoisotopic (exact) mass is 225 g/mol. The molecule has 0 bridgehead atoms. The lowest BCUT2D eigenvalue weighted by atomic mass is 9.99. The molecular formula is C11H12ClNO2. The minimum Gasteiger partial charge on any atom is -0.465 e. The zero-order chi connectivity index (χ0) is 10.8. The van der Waals surface area contributed by atoms with Crippen LogP contribution in [-0.2, 0) is 0 Å². The summed E-state index contributed by atoms with van der Waals surface area (Å²) in [6.07, 6.45) is 0.0694. The highest BCUT2D eigenvalue weighted by atomic mass is 35.5. The topological polar surface area (TPSA) is 40.5 Å². The lowest BCUT2D eigenvalue weighted by Crippen LogP contribution is -2.26. The number of carbonyl (C=O) groups is 1. The number of nitrogens with zero attached hydrogens (tertiary/aromatic N) is 1. The smallest absolute Gasteiger partial charge is 0.407 e. The molecule has 0 radical (unpaired) electrons. The van der Waals surface area contributed by atoms with Crippen LogP contribution in [0.1, 0.15) is 17.9 Å². The van der Waals surface area contributed by atoms with Gasteiger partial charge in [0.1, 0.15) is 0 Å². The normalized spacial score (nSPS) is 20.6. The predicted molar refractivity (Wildman–Crippen MR) is 58.4 cm³/mol. The highest BCUT2D eigenvalue weighted by Gasteiger charge is 2.26. The second-order valence-corrected chi connectivity index (χ2v) is 4.20. The largest absolute Gasteiger partial charge is 0.465 e. The van der Waals surface area contributed by atoms with Crippen molar-refractivity contribution < 1.29 is 9.90 Å². The molecule has 1 fully saturated rings.